The Morgan fingerprint density at radius 3 is 2.41 bits per heavy atom. The minimum absolute atomic E-state index is 0.0310. The van der Waals surface area contributed by atoms with Crippen LogP contribution in [0, 0.1) is 0 Å². The standard InChI is InChI=1S/C18H11F3N4OS/c19-18(20,21)13-6-2-3-10(8-13)14-9-27-16(23-14)12-5-1-4-11(7-12)15-24-25-17(22)26-15/h1-9H,(H2,22,25). The molecule has 0 saturated heterocycles. The lowest BCUT2D eigenvalue weighted by Gasteiger charge is -2.07. The molecule has 4 aromatic rings. The molecule has 4 rings (SSSR count). The van der Waals surface area contributed by atoms with Crippen LogP contribution in [0.1, 0.15) is 5.56 Å². The van der Waals surface area contributed by atoms with Crippen LogP contribution in [0.4, 0.5) is 19.2 Å². The summed E-state index contributed by atoms with van der Waals surface area (Å²) >= 11 is 1.34. The topological polar surface area (TPSA) is 77.8 Å². The molecule has 0 atom stereocenters. The molecule has 0 saturated carbocycles. The van der Waals surface area contributed by atoms with E-state index in [0.29, 0.717) is 21.8 Å². The fraction of sp³-hybridized carbons (Fsp3) is 0.0556. The van der Waals surface area contributed by atoms with Crippen LogP contribution in [0.5, 0.6) is 0 Å². The lowest BCUT2D eigenvalue weighted by Crippen LogP contribution is -2.04. The normalized spacial score (nSPS) is 11.7. The molecular formula is C18H11F3N4OS. The predicted molar refractivity (Wildman–Crippen MR) is 95.7 cm³/mol. The Morgan fingerprint density at radius 2 is 1.67 bits per heavy atom. The van der Waals surface area contributed by atoms with Crippen molar-refractivity contribution in [3.8, 4) is 33.3 Å². The van der Waals surface area contributed by atoms with Crippen LogP contribution >= 0.6 is 11.3 Å². The van der Waals surface area contributed by atoms with Crippen molar-refractivity contribution in [1.29, 1.82) is 0 Å². The fourth-order valence-corrected chi connectivity index (χ4v) is 3.36. The minimum atomic E-state index is -4.39. The van der Waals surface area contributed by atoms with Gasteiger partial charge >= 0.3 is 12.2 Å². The molecule has 0 spiro atoms. The van der Waals surface area contributed by atoms with E-state index >= 15 is 0 Å². The SMILES string of the molecule is Nc1nnc(-c2cccc(-c3nc(-c4cccc(C(F)(F)F)c4)cs3)c2)o1. The van der Waals surface area contributed by atoms with Crippen LogP contribution in [0.2, 0.25) is 0 Å². The molecule has 5 nitrogen and oxygen atoms in total. The molecule has 0 radical (unpaired) electrons. The Balaban J connectivity index is 1.68. The van der Waals surface area contributed by atoms with E-state index in [1.54, 1.807) is 23.6 Å². The van der Waals surface area contributed by atoms with E-state index in [4.69, 9.17) is 10.2 Å². The first-order valence-corrected chi connectivity index (χ1v) is 8.61. The summed E-state index contributed by atoms with van der Waals surface area (Å²) in [5, 5.41) is 9.85. The van der Waals surface area contributed by atoms with Gasteiger partial charge in [-0.15, -0.1) is 16.4 Å². The van der Waals surface area contributed by atoms with E-state index in [9.17, 15) is 13.2 Å². The molecule has 0 aliphatic heterocycles. The number of nitrogen functional groups attached to an aromatic ring is 1. The molecule has 0 aliphatic rings. The van der Waals surface area contributed by atoms with Gasteiger partial charge in [0.1, 0.15) is 5.01 Å². The Hall–Kier alpha value is -3.20. The first-order valence-electron chi connectivity index (χ1n) is 7.73. The number of nitrogens with zero attached hydrogens (tertiary/aromatic N) is 3. The summed E-state index contributed by atoms with van der Waals surface area (Å²) in [7, 11) is 0. The number of thiazole rings is 1. The monoisotopic (exact) mass is 388 g/mol. The quantitative estimate of drug-likeness (QED) is 0.527. The smallest absolute Gasteiger partial charge is 0.404 e. The lowest BCUT2D eigenvalue weighted by atomic mass is 10.1. The van der Waals surface area contributed by atoms with Crippen LogP contribution in [-0.2, 0) is 6.18 Å². The van der Waals surface area contributed by atoms with Crippen LogP contribution < -0.4 is 5.73 Å². The van der Waals surface area contributed by atoms with Gasteiger partial charge in [-0.25, -0.2) is 4.98 Å². The zero-order valence-electron chi connectivity index (χ0n) is 13.6. The number of hydrogen-bond acceptors (Lipinski definition) is 6. The van der Waals surface area contributed by atoms with E-state index in [1.165, 1.54) is 17.4 Å². The molecule has 0 fully saturated rings. The van der Waals surface area contributed by atoms with Crippen LogP contribution in [-0.4, -0.2) is 15.2 Å². The van der Waals surface area contributed by atoms with Crippen molar-refractivity contribution in [2.24, 2.45) is 0 Å². The number of benzene rings is 2. The molecule has 2 aromatic heterocycles. The molecule has 2 aromatic carbocycles. The molecule has 27 heavy (non-hydrogen) atoms. The molecule has 0 aliphatic carbocycles. The van der Waals surface area contributed by atoms with Crippen molar-refractivity contribution < 1.29 is 17.6 Å². The maximum absolute atomic E-state index is 12.9. The van der Waals surface area contributed by atoms with Gasteiger partial charge in [0.2, 0.25) is 5.89 Å². The number of nitrogens with two attached hydrogens (primary N) is 1. The fourth-order valence-electron chi connectivity index (χ4n) is 2.53. The van der Waals surface area contributed by atoms with Gasteiger partial charge in [-0.1, -0.05) is 29.4 Å². The third-order valence-electron chi connectivity index (χ3n) is 3.79. The maximum atomic E-state index is 12.9. The van der Waals surface area contributed by atoms with Gasteiger partial charge in [0.15, 0.2) is 0 Å². The van der Waals surface area contributed by atoms with Crippen molar-refractivity contribution >= 4 is 17.4 Å². The average Bonchev–Trinajstić information content (AvgIpc) is 3.31. The number of anilines is 1. The zero-order valence-corrected chi connectivity index (χ0v) is 14.4. The third kappa shape index (κ3) is 3.54. The Morgan fingerprint density at radius 1 is 0.926 bits per heavy atom. The summed E-state index contributed by atoms with van der Waals surface area (Å²) in [6, 6.07) is 12.3. The van der Waals surface area contributed by atoms with Crippen molar-refractivity contribution in [3.05, 3.63) is 59.5 Å². The summed E-state index contributed by atoms with van der Waals surface area (Å²) in [5.41, 5.74) is 7.09. The Bertz CT molecular complexity index is 1100. The van der Waals surface area contributed by atoms with Gasteiger partial charge in [0.05, 0.1) is 11.3 Å². The number of rotatable bonds is 3. The third-order valence-corrected chi connectivity index (χ3v) is 4.68. The van der Waals surface area contributed by atoms with Gasteiger partial charge in [-0.2, -0.15) is 13.2 Å². The molecular weight excluding hydrogens is 377 g/mol. The summed E-state index contributed by atoms with van der Waals surface area (Å²) in [6.07, 6.45) is -4.39. The van der Waals surface area contributed by atoms with E-state index < -0.39 is 11.7 Å². The van der Waals surface area contributed by atoms with Crippen molar-refractivity contribution in [3.63, 3.8) is 0 Å². The Kier molecular flexibility index (Phi) is 4.15. The molecule has 9 heteroatoms. The highest BCUT2D eigenvalue weighted by atomic mass is 32.1. The molecule has 136 valence electrons. The first kappa shape index (κ1) is 17.2. The second kappa shape index (κ2) is 6.51. The lowest BCUT2D eigenvalue weighted by molar-refractivity contribution is -0.137. The first-order chi connectivity index (χ1) is 12.9. The largest absolute Gasteiger partial charge is 0.416 e. The van der Waals surface area contributed by atoms with Crippen LogP contribution in [0.3, 0.4) is 0 Å². The van der Waals surface area contributed by atoms with Crippen LogP contribution in [0.25, 0.3) is 33.3 Å². The second-order valence-electron chi connectivity index (χ2n) is 5.64. The highest BCUT2D eigenvalue weighted by Gasteiger charge is 2.30. The molecule has 0 amide bonds. The number of hydrogen-bond donors (Lipinski definition) is 1. The number of aromatic nitrogens is 3. The van der Waals surface area contributed by atoms with E-state index in [-0.39, 0.29) is 11.9 Å². The Labute approximate surface area is 155 Å². The van der Waals surface area contributed by atoms with Gasteiger partial charge in [-0.3, -0.25) is 0 Å². The summed E-state index contributed by atoms with van der Waals surface area (Å²) in [6.45, 7) is 0. The van der Waals surface area contributed by atoms with E-state index in [2.05, 4.69) is 15.2 Å². The molecule has 2 heterocycles. The van der Waals surface area contributed by atoms with Crippen molar-refractivity contribution in [2.75, 3.05) is 5.73 Å². The van der Waals surface area contributed by atoms with E-state index in [0.717, 1.165) is 17.7 Å². The van der Waals surface area contributed by atoms with Crippen molar-refractivity contribution in [1.82, 2.24) is 15.2 Å². The minimum Gasteiger partial charge on any atom is -0.404 e. The molecule has 0 bridgehead atoms. The summed E-state index contributed by atoms with van der Waals surface area (Å²) < 4.78 is 44.0. The second-order valence-corrected chi connectivity index (χ2v) is 6.50. The van der Waals surface area contributed by atoms with Gasteiger partial charge in [0.25, 0.3) is 0 Å². The summed E-state index contributed by atoms with van der Waals surface area (Å²) in [4.78, 5) is 4.47. The molecule has 0 unspecified atom stereocenters. The predicted octanol–water partition coefficient (Wildman–Crippen LogP) is 5.13. The van der Waals surface area contributed by atoms with Crippen molar-refractivity contribution in [2.45, 2.75) is 6.18 Å². The number of alkyl halides is 3. The average molecular weight is 388 g/mol. The zero-order chi connectivity index (χ0) is 19.0. The summed E-state index contributed by atoms with van der Waals surface area (Å²) in [5.74, 6) is 0.281. The number of halogens is 3. The van der Waals surface area contributed by atoms with Gasteiger partial charge in [-0.05, 0) is 24.3 Å². The maximum Gasteiger partial charge on any atom is 0.416 e. The van der Waals surface area contributed by atoms with Gasteiger partial charge in [0, 0.05) is 22.1 Å². The van der Waals surface area contributed by atoms with E-state index in [1.807, 2.05) is 12.1 Å². The molecule has 2 N–H and O–H groups in total. The highest BCUT2D eigenvalue weighted by molar-refractivity contribution is 7.13. The highest BCUT2D eigenvalue weighted by Crippen LogP contribution is 2.34. The van der Waals surface area contributed by atoms with Crippen LogP contribution in [0.15, 0.2) is 58.3 Å². The van der Waals surface area contributed by atoms with Gasteiger partial charge < -0.3 is 10.2 Å².